The van der Waals surface area contributed by atoms with Crippen LogP contribution in [-0.2, 0) is 32.7 Å². The topological polar surface area (TPSA) is 108 Å². The van der Waals surface area contributed by atoms with Crippen molar-refractivity contribution in [2.75, 3.05) is 47.5 Å². The fraction of sp³-hybridized carbons (Fsp3) is 0.833. The molecule has 0 aliphatic rings. The molecule has 1 N–H and O–H groups in total. The molecule has 0 saturated carbocycles. The predicted molar refractivity (Wildman–Crippen MR) is 243 cm³/mol. The van der Waals surface area contributed by atoms with Crippen molar-refractivity contribution in [2.45, 2.75) is 213 Å². The quantitative estimate of drug-likeness (QED) is 0.0213. The Morgan fingerprint density at radius 3 is 1.41 bits per heavy atom. The summed E-state index contributed by atoms with van der Waals surface area (Å²) in [6.45, 7) is 4.39. The average molecular weight is 841 g/mol. The Labute approximate surface area is 357 Å². The number of phosphoric acid groups is 1. The summed E-state index contributed by atoms with van der Waals surface area (Å²) in [4.78, 5) is 35.4. The van der Waals surface area contributed by atoms with Gasteiger partial charge < -0.3 is 18.9 Å². The smallest absolute Gasteiger partial charge is 0.462 e. The lowest BCUT2D eigenvalue weighted by molar-refractivity contribution is -0.870. The molecular formula is C48H91NO8P+. The van der Waals surface area contributed by atoms with Crippen molar-refractivity contribution in [1.29, 1.82) is 0 Å². The van der Waals surface area contributed by atoms with Crippen LogP contribution in [0.1, 0.15) is 206 Å². The fourth-order valence-electron chi connectivity index (χ4n) is 6.39. The second-order valence-corrected chi connectivity index (χ2v) is 18.6. The summed E-state index contributed by atoms with van der Waals surface area (Å²) in [5.74, 6) is -0.809. The lowest BCUT2D eigenvalue weighted by Gasteiger charge is -2.24. The highest BCUT2D eigenvalue weighted by atomic mass is 31.2. The minimum atomic E-state index is -4.38. The number of carbonyl (C=O) groups is 2. The molecule has 0 amide bonds. The zero-order valence-electron chi connectivity index (χ0n) is 38.3. The van der Waals surface area contributed by atoms with Gasteiger partial charge in [0, 0.05) is 12.8 Å². The Morgan fingerprint density at radius 2 is 0.931 bits per heavy atom. The van der Waals surface area contributed by atoms with E-state index >= 15 is 0 Å². The highest BCUT2D eigenvalue weighted by Crippen LogP contribution is 2.43. The van der Waals surface area contributed by atoms with Crippen LogP contribution >= 0.6 is 7.82 Å². The lowest BCUT2D eigenvalue weighted by Crippen LogP contribution is -2.37. The number of phosphoric ester groups is 1. The molecular weight excluding hydrogens is 750 g/mol. The number of ether oxygens (including phenoxy) is 2. The number of allylic oxidation sites excluding steroid dienone is 6. The van der Waals surface area contributed by atoms with Crippen molar-refractivity contribution < 1.29 is 42.1 Å². The van der Waals surface area contributed by atoms with Gasteiger partial charge >= 0.3 is 19.8 Å². The molecule has 0 spiro atoms. The van der Waals surface area contributed by atoms with Gasteiger partial charge in [0.2, 0.25) is 0 Å². The molecule has 2 atom stereocenters. The molecule has 0 fully saturated rings. The molecule has 58 heavy (non-hydrogen) atoms. The van der Waals surface area contributed by atoms with Crippen molar-refractivity contribution in [3.05, 3.63) is 36.5 Å². The number of unbranched alkanes of at least 4 members (excludes halogenated alkanes) is 23. The molecule has 0 rings (SSSR count). The van der Waals surface area contributed by atoms with Gasteiger partial charge in [-0.25, -0.2) is 4.57 Å². The lowest BCUT2D eigenvalue weighted by atomic mass is 10.1. The van der Waals surface area contributed by atoms with Gasteiger partial charge in [-0.1, -0.05) is 159 Å². The first kappa shape index (κ1) is 56.2. The molecule has 0 saturated heterocycles. The molecule has 0 aromatic heterocycles. The summed E-state index contributed by atoms with van der Waals surface area (Å²) >= 11 is 0. The summed E-state index contributed by atoms with van der Waals surface area (Å²) < 4.78 is 34.4. The van der Waals surface area contributed by atoms with E-state index in [1.165, 1.54) is 103 Å². The van der Waals surface area contributed by atoms with Gasteiger partial charge in [0.1, 0.15) is 19.8 Å². The minimum Gasteiger partial charge on any atom is -0.462 e. The van der Waals surface area contributed by atoms with Gasteiger partial charge in [-0.05, 0) is 70.6 Å². The number of nitrogens with zero attached hydrogens (tertiary/aromatic N) is 1. The second-order valence-electron chi connectivity index (χ2n) is 17.1. The van der Waals surface area contributed by atoms with Crippen LogP contribution in [0.3, 0.4) is 0 Å². The SMILES string of the molecule is CCCCC/C=C/C/C=C/CCCCCCCCCCCC(=O)O[C@H](COC(=O)CCCCCCC/C=C/CCCCCCCC)COP(=O)(O)OCC[N+](C)(C)C. The molecule has 0 bridgehead atoms. The van der Waals surface area contributed by atoms with Crippen LogP contribution in [0.25, 0.3) is 0 Å². The van der Waals surface area contributed by atoms with Crippen LogP contribution < -0.4 is 0 Å². The van der Waals surface area contributed by atoms with Gasteiger partial charge in [0.15, 0.2) is 6.10 Å². The number of hydrogen-bond acceptors (Lipinski definition) is 7. The fourth-order valence-corrected chi connectivity index (χ4v) is 7.13. The largest absolute Gasteiger partial charge is 0.472 e. The monoisotopic (exact) mass is 841 g/mol. The first-order valence-electron chi connectivity index (χ1n) is 23.7. The van der Waals surface area contributed by atoms with E-state index < -0.39 is 26.5 Å². The van der Waals surface area contributed by atoms with Gasteiger partial charge in [-0.15, -0.1) is 0 Å². The van der Waals surface area contributed by atoms with Gasteiger partial charge in [0.25, 0.3) is 0 Å². The second kappa shape index (κ2) is 40.6. The predicted octanol–water partition coefficient (Wildman–Crippen LogP) is 13.7. The Balaban J connectivity index is 4.32. The number of likely N-dealkylation sites (N-methyl/N-ethyl adjacent to an activating group) is 1. The molecule has 0 aromatic carbocycles. The van der Waals surface area contributed by atoms with E-state index in [0.29, 0.717) is 17.4 Å². The van der Waals surface area contributed by atoms with Crippen LogP contribution in [0, 0.1) is 0 Å². The summed E-state index contributed by atoms with van der Waals surface area (Å²) in [5, 5.41) is 0. The highest BCUT2D eigenvalue weighted by molar-refractivity contribution is 7.47. The minimum absolute atomic E-state index is 0.0296. The van der Waals surface area contributed by atoms with Gasteiger partial charge in [-0.2, -0.15) is 0 Å². The number of esters is 2. The van der Waals surface area contributed by atoms with Crippen molar-refractivity contribution in [3.8, 4) is 0 Å². The van der Waals surface area contributed by atoms with Crippen molar-refractivity contribution in [1.82, 2.24) is 0 Å². The van der Waals surface area contributed by atoms with E-state index in [0.717, 1.165) is 70.6 Å². The van der Waals surface area contributed by atoms with Crippen molar-refractivity contribution >= 4 is 19.8 Å². The zero-order valence-corrected chi connectivity index (χ0v) is 39.2. The Hall–Kier alpha value is -1.77. The van der Waals surface area contributed by atoms with E-state index in [2.05, 4.69) is 50.3 Å². The van der Waals surface area contributed by atoms with E-state index in [1.807, 2.05) is 21.1 Å². The van der Waals surface area contributed by atoms with Crippen molar-refractivity contribution in [2.24, 2.45) is 0 Å². The number of quaternary nitrogens is 1. The molecule has 0 heterocycles. The summed E-state index contributed by atoms with van der Waals surface area (Å²) in [7, 11) is 1.47. The maximum Gasteiger partial charge on any atom is 0.472 e. The molecule has 0 aliphatic heterocycles. The highest BCUT2D eigenvalue weighted by Gasteiger charge is 2.27. The van der Waals surface area contributed by atoms with E-state index in [1.54, 1.807) is 0 Å². The molecule has 0 aromatic rings. The van der Waals surface area contributed by atoms with Crippen LogP contribution in [0.5, 0.6) is 0 Å². The number of carbonyl (C=O) groups excluding carboxylic acids is 2. The molecule has 0 radical (unpaired) electrons. The summed E-state index contributed by atoms with van der Waals surface area (Å²) in [6, 6.07) is 0. The van der Waals surface area contributed by atoms with E-state index in [-0.39, 0.29) is 32.0 Å². The average Bonchev–Trinajstić information content (AvgIpc) is 3.17. The number of rotatable bonds is 43. The van der Waals surface area contributed by atoms with Crippen LogP contribution in [0.4, 0.5) is 0 Å². The van der Waals surface area contributed by atoms with Crippen LogP contribution in [0.15, 0.2) is 36.5 Å². The maximum absolute atomic E-state index is 12.7. The number of hydrogen-bond donors (Lipinski definition) is 1. The Bertz CT molecular complexity index is 1090. The normalized spacial score (nSPS) is 13.8. The Morgan fingerprint density at radius 1 is 0.534 bits per heavy atom. The van der Waals surface area contributed by atoms with Gasteiger partial charge in [-0.3, -0.25) is 18.6 Å². The third-order valence-corrected chi connectivity index (χ3v) is 11.1. The Kier molecular flexibility index (Phi) is 39.4. The first-order valence-corrected chi connectivity index (χ1v) is 25.2. The van der Waals surface area contributed by atoms with Crippen molar-refractivity contribution in [3.63, 3.8) is 0 Å². The molecule has 340 valence electrons. The molecule has 1 unspecified atom stereocenters. The van der Waals surface area contributed by atoms with Gasteiger partial charge in [0.05, 0.1) is 27.7 Å². The molecule has 9 nitrogen and oxygen atoms in total. The van der Waals surface area contributed by atoms with E-state index in [4.69, 9.17) is 18.5 Å². The maximum atomic E-state index is 12.7. The summed E-state index contributed by atoms with van der Waals surface area (Å²) in [5.41, 5.74) is 0. The van der Waals surface area contributed by atoms with E-state index in [9.17, 15) is 19.0 Å². The van der Waals surface area contributed by atoms with Crippen LogP contribution in [-0.4, -0.2) is 74.9 Å². The third kappa shape index (κ3) is 43.8. The summed E-state index contributed by atoms with van der Waals surface area (Å²) in [6.07, 6.45) is 46.1. The molecule has 10 heteroatoms. The first-order chi connectivity index (χ1) is 28.0. The van der Waals surface area contributed by atoms with Crippen LogP contribution in [0.2, 0.25) is 0 Å². The zero-order chi connectivity index (χ0) is 42.8. The third-order valence-electron chi connectivity index (χ3n) is 10.1. The molecule has 0 aliphatic carbocycles. The standard InChI is InChI=1S/C48H90NO8P/c1-6-8-10-12-14-16-18-20-22-23-24-25-27-29-31-33-35-37-39-41-48(51)57-46(45-56-58(52,53)55-43-42-49(3,4)5)44-54-47(50)40-38-36-34-32-30-28-26-21-19-17-15-13-11-9-7-2/h14,16,20-22,26,46H,6-13,15,17-19,23-25,27-45H2,1-5H3/p+1/b16-14+,22-20+,26-21+/t46-/m1/s1.